The Kier molecular flexibility index (Phi) is 6.52. The van der Waals surface area contributed by atoms with Crippen molar-refractivity contribution in [3.63, 3.8) is 0 Å². The van der Waals surface area contributed by atoms with E-state index < -0.39 is 0 Å². The summed E-state index contributed by atoms with van der Waals surface area (Å²) in [4.78, 5) is 12.7. The van der Waals surface area contributed by atoms with Crippen LogP contribution in [0.2, 0.25) is 0 Å². The first-order valence-corrected chi connectivity index (χ1v) is 10.4. The number of nitrogens with zero attached hydrogens (tertiary/aromatic N) is 3. The number of anilines is 1. The lowest BCUT2D eigenvalue weighted by atomic mass is 10.1. The minimum atomic E-state index is -0.287. The van der Waals surface area contributed by atoms with Crippen molar-refractivity contribution in [2.24, 2.45) is 0 Å². The Morgan fingerprint density at radius 3 is 2.64 bits per heavy atom. The van der Waals surface area contributed by atoms with Crippen molar-refractivity contribution in [1.29, 1.82) is 0 Å². The number of hydrogen-bond donors (Lipinski definition) is 1. The third-order valence-corrected chi connectivity index (χ3v) is 5.58. The van der Waals surface area contributed by atoms with Gasteiger partial charge in [0, 0.05) is 17.8 Å². The topological polar surface area (TPSA) is 59.8 Å². The Hall–Kier alpha value is -2.60. The van der Waals surface area contributed by atoms with E-state index in [2.05, 4.69) is 46.1 Å². The fraction of sp³-hybridized carbons (Fsp3) is 0.318. The number of para-hydroxylation sites is 1. The van der Waals surface area contributed by atoms with E-state index in [0.29, 0.717) is 0 Å². The molecule has 1 amide bonds. The largest absolute Gasteiger partial charge is 0.325 e. The van der Waals surface area contributed by atoms with Gasteiger partial charge in [-0.2, -0.15) is 0 Å². The van der Waals surface area contributed by atoms with Crippen molar-refractivity contribution in [1.82, 2.24) is 14.8 Å². The zero-order chi connectivity index (χ0) is 20.1. The number of aromatic nitrogens is 3. The molecule has 146 valence electrons. The number of hydrogen-bond acceptors (Lipinski definition) is 4. The predicted molar refractivity (Wildman–Crippen MR) is 116 cm³/mol. The van der Waals surface area contributed by atoms with Gasteiger partial charge in [-0.15, -0.1) is 10.2 Å². The van der Waals surface area contributed by atoms with Crippen molar-refractivity contribution in [3.05, 3.63) is 59.7 Å². The van der Waals surface area contributed by atoms with Gasteiger partial charge in [0.05, 0.1) is 5.25 Å². The highest BCUT2D eigenvalue weighted by Crippen LogP contribution is 2.28. The minimum absolute atomic E-state index is 0.0394. The van der Waals surface area contributed by atoms with Crippen LogP contribution in [-0.4, -0.2) is 25.9 Å². The standard InChI is InChI=1S/C22H26N4OS/c1-5-13-26-20(18-11-8-9-15(2)14-18)24-25-22(26)28-17(4)21(27)23-19-12-7-6-10-16(19)3/h6-12,14,17H,5,13H2,1-4H3,(H,23,27). The van der Waals surface area contributed by atoms with Crippen LogP contribution in [0.25, 0.3) is 11.4 Å². The SMILES string of the molecule is CCCn1c(SC(C)C(=O)Nc2ccccc2C)nnc1-c1cccc(C)c1. The number of carbonyl (C=O) groups is 1. The molecule has 2 aromatic carbocycles. The molecule has 0 bridgehead atoms. The summed E-state index contributed by atoms with van der Waals surface area (Å²) in [6, 6.07) is 16.0. The van der Waals surface area contributed by atoms with Gasteiger partial charge in [0.2, 0.25) is 5.91 Å². The quantitative estimate of drug-likeness (QED) is 0.567. The van der Waals surface area contributed by atoms with Crippen LogP contribution in [0.3, 0.4) is 0 Å². The molecular weight excluding hydrogens is 368 g/mol. The van der Waals surface area contributed by atoms with Crippen LogP contribution in [0.5, 0.6) is 0 Å². The number of aryl methyl sites for hydroxylation is 2. The van der Waals surface area contributed by atoms with Crippen molar-refractivity contribution in [3.8, 4) is 11.4 Å². The van der Waals surface area contributed by atoms with Crippen LogP contribution < -0.4 is 5.32 Å². The van der Waals surface area contributed by atoms with Crippen molar-refractivity contribution >= 4 is 23.4 Å². The van der Waals surface area contributed by atoms with Crippen LogP contribution in [0, 0.1) is 13.8 Å². The average Bonchev–Trinajstić information content (AvgIpc) is 3.06. The number of carbonyl (C=O) groups excluding carboxylic acids is 1. The third-order valence-electron chi connectivity index (χ3n) is 4.49. The Labute approximate surface area is 170 Å². The van der Waals surface area contributed by atoms with Gasteiger partial charge in [-0.3, -0.25) is 4.79 Å². The molecular formula is C22H26N4OS. The fourth-order valence-corrected chi connectivity index (χ4v) is 3.83. The molecule has 0 aliphatic rings. The molecule has 3 rings (SSSR count). The van der Waals surface area contributed by atoms with E-state index in [9.17, 15) is 4.79 Å². The minimum Gasteiger partial charge on any atom is -0.325 e. The van der Waals surface area contributed by atoms with E-state index in [1.165, 1.54) is 17.3 Å². The maximum Gasteiger partial charge on any atom is 0.237 e. The van der Waals surface area contributed by atoms with E-state index >= 15 is 0 Å². The number of thioether (sulfide) groups is 1. The first-order chi connectivity index (χ1) is 13.5. The summed E-state index contributed by atoms with van der Waals surface area (Å²) in [7, 11) is 0. The summed E-state index contributed by atoms with van der Waals surface area (Å²) in [5.74, 6) is 0.807. The molecule has 0 spiro atoms. The molecule has 1 unspecified atom stereocenters. The van der Waals surface area contributed by atoms with Gasteiger partial charge < -0.3 is 9.88 Å². The summed E-state index contributed by atoms with van der Waals surface area (Å²) in [5, 5.41) is 12.3. The molecule has 1 N–H and O–H groups in total. The molecule has 0 saturated heterocycles. The van der Waals surface area contributed by atoms with E-state index in [4.69, 9.17) is 0 Å². The zero-order valence-corrected chi connectivity index (χ0v) is 17.6. The molecule has 6 heteroatoms. The number of rotatable bonds is 7. The summed E-state index contributed by atoms with van der Waals surface area (Å²) >= 11 is 1.44. The van der Waals surface area contributed by atoms with Gasteiger partial charge in [0.1, 0.15) is 0 Å². The van der Waals surface area contributed by atoms with E-state index in [0.717, 1.165) is 40.8 Å². The van der Waals surface area contributed by atoms with Crippen molar-refractivity contribution in [2.75, 3.05) is 5.32 Å². The van der Waals surface area contributed by atoms with Gasteiger partial charge in [0.25, 0.3) is 0 Å². The second kappa shape index (κ2) is 9.06. The molecule has 1 atom stereocenters. The molecule has 0 saturated carbocycles. The molecule has 5 nitrogen and oxygen atoms in total. The Bertz CT molecular complexity index is 967. The van der Waals surface area contributed by atoms with Crippen molar-refractivity contribution < 1.29 is 4.79 Å². The Morgan fingerprint density at radius 1 is 1.14 bits per heavy atom. The molecule has 0 aliphatic carbocycles. The third kappa shape index (κ3) is 4.62. The number of nitrogens with one attached hydrogen (secondary N) is 1. The van der Waals surface area contributed by atoms with E-state index in [1.807, 2.05) is 50.2 Å². The molecule has 1 heterocycles. The van der Waals surface area contributed by atoms with Gasteiger partial charge >= 0.3 is 0 Å². The zero-order valence-electron chi connectivity index (χ0n) is 16.8. The average molecular weight is 395 g/mol. The highest BCUT2D eigenvalue weighted by molar-refractivity contribution is 8.00. The second-order valence-electron chi connectivity index (χ2n) is 6.89. The van der Waals surface area contributed by atoms with E-state index in [-0.39, 0.29) is 11.2 Å². The second-order valence-corrected chi connectivity index (χ2v) is 8.20. The molecule has 28 heavy (non-hydrogen) atoms. The Morgan fingerprint density at radius 2 is 1.93 bits per heavy atom. The van der Waals surface area contributed by atoms with Gasteiger partial charge in [-0.1, -0.05) is 60.6 Å². The number of amides is 1. The highest BCUT2D eigenvalue weighted by Gasteiger charge is 2.21. The van der Waals surface area contributed by atoms with Gasteiger partial charge in [-0.25, -0.2) is 0 Å². The first-order valence-electron chi connectivity index (χ1n) is 9.53. The van der Waals surface area contributed by atoms with Crippen LogP contribution in [0.4, 0.5) is 5.69 Å². The first kappa shape index (κ1) is 20.1. The highest BCUT2D eigenvalue weighted by atomic mass is 32.2. The lowest BCUT2D eigenvalue weighted by Gasteiger charge is -2.14. The van der Waals surface area contributed by atoms with Crippen molar-refractivity contribution in [2.45, 2.75) is 51.1 Å². The van der Waals surface area contributed by atoms with Crippen LogP contribution in [-0.2, 0) is 11.3 Å². The number of benzene rings is 2. The molecule has 0 fully saturated rings. The van der Waals surface area contributed by atoms with Gasteiger partial charge in [-0.05, 0) is 44.9 Å². The normalized spacial score (nSPS) is 12.0. The smallest absolute Gasteiger partial charge is 0.237 e. The Balaban J connectivity index is 1.79. The molecule has 0 aliphatic heterocycles. The summed E-state index contributed by atoms with van der Waals surface area (Å²) in [5.41, 5.74) is 4.12. The molecule has 0 radical (unpaired) electrons. The maximum atomic E-state index is 12.7. The van der Waals surface area contributed by atoms with Gasteiger partial charge in [0.15, 0.2) is 11.0 Å². The summed E-state index contributed by atoms with van der Waals surface area (Å²) in [6.45, 7) is 8.89. The predicted octanol–water partition coefficient (Wildman–Crippen LogP) is 5.09. The fourth-order valence-electron chi connectivity index (χ4n) is 2.96. The summed E-state index contributed by atoms with van der Waals surface area (Å²) < 4.78 is 2.11. The van der Waals surface area contributed by atoms with Crippen LogP contribution >= 0.6 is 11.8 Å². The maximum absolute atomic E-state index is 12.7. The molecule has 1 aromatic heterocycles. The molecule has 3 aromatic rings. The van der Waals surface area contributed by atoms with Crippen LogP contribution in [0.1, 0.15) is 31.4 Å². The lowest BCUT2D eigenvalue weighted by molar-refractivity contribution is -0.115. The lowest BCUT2D eigenvalue weighted by Crippen LogP contribution is -2.23. The monoisotopic (exact) mass is 394 g/mol. The van der Waals surface area contributed by atoms with E-state index in [1.54, 1.807) is 0 Å². The van der Waals surface area contributed by atoms with Crippen LogP contribution in [0.15, 0.2) is 53.7 Å². The summed E-state index contributed by atoms with van der Waals surface area (Å²) in [6.07, 6.45) is 0.966.